The number of fused-ring (bicyclic) bond motifs is 1. The highest BCUT2D eigenvalue weighted by molar-refractivity contribution is 8.00. The van der Waals surface area contributed by atoms with E-state index in [1.54, 1.807) is 23.1 Å². The van der Waals surface area contributed by atoms with E-state index in [2.05, 4.69) is 50.9 Å². The first kappa shape index (κ1) is 14.4. The summed E-state index contributed by atoms with van der Waals surface area (Å²) >= 11 is 3.40. The van der Waals surface area contributed by atoms with Crippen molar-refractivity contribution < 1.29 is 9.31 Å². The summed E-state index contributed by atoms with van der Waals surface area (Å²) in [6.45, 7) is 8.28. The second-order valence-electron chi connectivity index (χ2n) is 6.00. The maximum atomic E-state index is 6.08. The summed E-state index contributed by atoms with van der Waals surface area (Å²) in [5, 5.41) is 0. The largest absolute Gasteiger partial charge is 0.494 e. The fourth-order valence-electron chi connectivity index (χ4n) is 2.14. The minimum Gasteiger partial charge on any atom is -0.399 e. The highest BCUT2D eigenvalue weighted by Gasteiger charge is 2.51. The van der Waals surface area contributed by atoms with E-state index in [1.165, 1.54) is 4.70 Å². The average molecular weight is 307 g/mol. The molecule has 0 spiro atoms. The van der Waals surface area contributed by atoms with E-state index in [0.29, 0.717) is 0 Å². The molecule has 3 nitrogen and oxygen atoms in total. The lowest BCUT2D eigenvalue weighted by Gasteiger charge is -2.32. The predicted octanol–water partition coefficient (Wildman–Crippen LogP) is 3.32. The maximum absolute atomic E-state index is 6.08. The van der Waals surface area contributed by atoms with Gasteiger partial charge in [0, 0.05) is 0 Å². The fraction of sp³-hybridized carbons (Fsp3) is 0.500. The molecule has 1 aromatic heterocycles. The Hall–Kier alpha value is -0.555. The Labute approximate surface area is 128 Å². The van der Waals surface area contributed by atoms with E-state index < -0.39 is 0 Å². The molecular weight excluding hydrogens is 289 g/mol. The molecule has 0 radical (unpaired) electrons. The van der Waals surface area contributed by atoms with Crippen LogP contribution in [0, 0.1) is 0 Å². The summed E-state index contributed by atoms with van der Waals surface area (Å²) in [6, 6.07) is 6.26. The summed E-state index contributed by atoms with van der Waals surface area (Å²) in [4.78, 5) is 4.61. The second kappa shape index (κ2) is 4.73. The molecule has 6 heteroatoms. The van der Waals surface area contributed by atoms with Crippen molar-refractivity contribution in [2.75, 3.05) is 6.26 Å². The number of thiazole rings is 1. The van der Waals surface area contributed by atoms with Gasteiger partial charge in [0.05, 0.1) is 21.4 Å². The average Bonchev–Trinajstić information content (AvgIpc) is 2.87. The Morgan fingerprint density at radius 2 is 1.80 bits per heavy atom. The third-order valence-corrected chi connectivity index (χ3v) is 6.11. The molecule has 2 heterocycles. The van der Waals surface area contributed by atoms with Crippen LogP contribution >= 0.6 is 23.1 Å². The number of rotatable bonds is 2. The summed E-state index contributed by atoms with van der Waals surface area (Å²) in [5.74, 6) is 0. The summed E-state index contributed by atoms with van der Waals surface area (Å²) in [6.07, 6.45) is 2.05. The van der Waals surface area contributed by atoms with Gasteiger partial charge in [-0.1, -0.05) is 17.8 Å². The van der Waals surface area contributed by atoms with E-state index in [0.717, 1.165) is 15.3 Å². The van der Waals surface area contributed by atoms with Crippen LogP contribution in [0.15, 0.2) is 22.5 Å². The molecule has 0 saturated carbocycles. The van der Waals surface area contributed by atoms with Crippen molar-refractivity contribution in [3.8, 4) is 0 Å². The molecule has 0 unspecified atom stereocenters. The summed E-state index contributed by atoms with van der Waals surface area (Å²) < 4.78 is 14.5. The molecule has 0 N–H and O–H groups in total. The zero-order chi connectivity index (χ0) is 14.5. The highest BCUT2D eigenvalue weighted by atomic mass is 32.2. The van der Waals surface area contributed by atoms with E-state index in [4.69, 9.17) is 9.31 Å². The normalized spacial score (nSPS) is 20.8. The Balaban J connectivity index is 1.95. The number of thioether (sulfide) groups is 1. The standard InChI is InChI=1S/C14H18BNO2S2/c1-13(2)14(3,4)18-15(17-13)9-6-7-11-10(8-9)16-12(19-5)20-11/h6-8H,1-5H3. The molecule has 106 valence electrons. The minimum atomic E-state index is -0.316. The topological polar surface area (TPSA) is 31.4 Å². The monoisotopic (exact) mass is 307 g/mol. The molecule has 0 bridgehead atoms. The van der Waals surface area contributed by atoms with Crippen molar-refractivity contribution in [1.82, 2.24) is 4.98 Å². The zero-order valence-corrected chi connectivity index (χ0v) is 14.0. The quantitative estimate of drug-likeness (QED) is 0.629. The lowest BCUT2D eigenvalue weighted by Crippen LogP contribution is -2.41. The zero-order valence-electron chi connectivity index (χ0n) is 12.4. The van der Waals surface area contributed by atoms with Crippen LogP contribution < -0.4 is 5.46 Å². The van der Waals surface area contributed by atoms with Crippen molar-refractivity contribution in [3.05, 3.63) is 18.2 Å². The molecule has 1 aliphatic rings. The van der Waals surface area contributed by atoms with Crippen molar-refractivity contribution in [2.24, 2.45) is 0 Å². The van der Waals surface area contributed by atoms with Gasteiger partial charge in [-0.05, 0) is 51.5 Å². The summed E-state index contributed by atoms with van der Waals surface area (Å²) in [7, 11) is -0.316. The van der Waals surface area contributed by atoms with Crippen LogP contribution in [0.4, 0.5) is 0 Å². The van der Waals surface area contributed by atoms with Crippen LogP contribution in [-0.2, 0) is 9.31 Å². The van der Waals surface area contributed by atoms with Crippen molar-refractivity contribution >= 4 is 45.9 Å². The molecule has 3 rings (SSSR count). The van der Waals surface area contributed by atoms with Gasteiger partial charge in [-0.3, -0.25) is 0 Å². The molecule has 0 atom stereocenters. The van der Waals surface area contributed by atoms with E-state index >= 15 is 0 Å². The smallest absolute Gasteiger partial charge is 0.399 e. The van der Waals surface area contributed by atoms with Crippen LogP contribution in [0.1, 0.15) is 27.7 Å². The van der Waals surface area contributed by atoms with Gasteiger partial charge in [-0.15, -0.1) is 11.3 Å². The highest BCUT2D eigenvalue weighted by Crippen LogP contribution is 2.37. The lowest BCUT2D eigenvalue weighted by atomic mass is 9.79. The van der Waals surface area contributed by atoms with Gasteiger partial charge in [0.2, 0.25) is 0 Å². The third kappa shape index (κ3) is 2.28. The molecule has 0 amide bonds. The molecule has 1 fully saturated rings. The molecular formula is C14H18BNO2S2. The fourth-order valence-corrected chi connectivity index (χ4v) is 3.61. The van der Waals surface area contributed by atoms with E-state index in [1.807, 2.05) is 6.26 Å². The maximum Gasteiger partial charge on any atom is 0.494 e. The molecule has 0 aliphatic carbocycles. The van der Waals surface area contributed by atoms with Gasteiger partial charge in [0.15, 0.2) is 4.34 Å². The van der Waals surface area contributed by atoms with Gasteiger partial charge >= 0.3 is 7.12 Å². The van der Waals surface area contributed by atoms with Crippen molar-refractivity contribution in [3.63, 3.8) is 0 Å². The van der Waals surface area contributed by atoms with Gasteiger partial charge in [-0.25, -0.2) is 4.98 Å². The lowest BCUT2D eigenvalue weighted by molar-refractivity contribution is 0.00578. The number of benzene rings is 1. The van der Waals surface area contributed by atoms with Crippen molar-refractivity contribution in [2.45, 2.75) is 43.2 Å². The minimum absolute atomic E-state index is 0.306. The Bertz CT molecular complexity index is 638. The molecule has 20 heavy (non-hydrogen) atoms. The second-order valence-corrected chi connectivity index (χ2v) is 8.08. The van der Waals surface area contributed by atoms with Gasteiger partial charge in [0.25, 0.3) is 0 Å². The SMILES string of the molecule is CSc1nc2cc(B3OC(C)(C)C(C)(C)O3)ccc2s1. The molecule has 2 aromatic rings. The first-order valence-electron chi connectivity index (χ1n) is 6.62. The number of hydrogen-bond donors (Lipinski definition) is 0. The summed E-state index contributed by atoms with van der Waals surface area (Å²) in [5.41, 5.74) is 1.44. The van der Waals surface area contributed by atoms with Crippen LogP contribution in [0.25, 0.3) is 10.2 Å². The van der Waals surface area contributed by atoms with Crippen LogP contribution in [-0.4, -0.2) is 29.6 Å². The Morgan fingerprint density at radius 1 is 1.15 bits per heavy atom. The van der Waals surface area contributed by atoms with Crippen LogP contribution in [0.5, 0.6) is 0 Å². The first-order chi connectivity index (χ1) is 9.32. The number of aromatic nitrogens is 1. The predicted molar refractivity (Wildman–Crippen MR) is 87.1 cm³/mol. The molecule has 1 saturated heterocycles. The van der Waals surface area contributed by atoms with E-state index in [9.17, 15) is 0 Å². The van der Waals surface area contributed by atoms with Crippen LogP contribution in [0.2, 0.25) is 0 Å². The number of hydrogen-bond acceptors (Lipinski definition) is 5. The molecule has 1 aliphatic heterocycles. The first-order valence-corrected chi connectivity index (χ1v) is 8.67. The van der Waals surface area contributed by atoms with E-state index in [-0.39, 0.29) is 18.3 Å². The number of nitrogens with zero attached hydrogens (tertiary/aromatic N) is 1. The Morgan fingerprint density at radius 3 is 2.40 bits per heavy atom. The van der Waals surface area contributed by atoms with Gasteiger partial charge in [-0.2, -0.15) is 0 Å². The van der Waals surface area contributed by atoms with Gasteiger partial charge in [0.1, 0.15) is 0 Å². The molecule has 1 aromatic carbocycles. The van der Waals surface area contributed by atoms with Crippen molar-refractivity contribution in [1.29, 1.82) is 0 Å². The van der Waals surface area contributed by atoms with Crippen LogP contribution in [0.3, 0.4) is 0 Å². The Kier molecular flexibility index (Phi) is 3.40. The third-order valence-electron chi connectivity index (χ3n) is 4.09. The van der Waals surface area contributed by atoms with Gasteiger partial charge < -0.3 is 9.31 Å².